The minimum Gasteiger partial charge on any atom is -0.380 e. The molecule has 6 heteroatoms. The molecule has 0 bridgehead atoms. The van der Waals surface area contributed by atoms with Gasteiger partial charge in [-0.1, -0.05) is 6.92 Å². The smallest absolute Gasteiger partial charge is 0.215 e. The van der Waals surface area contributed by atoms with Crippen molar-refractivity contribution < 1.29 is 13.2 Å². The fraction of sp³-hybridized carbons (Fsp3) is 1.00. The van der Waals surface area contributed by atoms with Crippen molar-refractivity contribution in [3.8, 4) is 0 Å². The average molecular weight is 238 g/mol. The first kappa shape index (κ1) is 14.8. The molecule has 0 spiro atoms. The molecular weight excluding hydrogens is 216 g/mol. The highest BCUT2D eigenvalue weighted by Gasteiger charge is 2.16. The summed E-state index contributed by atoms with van der Waals surface area (Å²) in [6.07, 6.45) is 0. The summed E-state index contributed by atoms with van der Waals surface area (Å²) in [7, 11) is -1.54. The van der Waals surface area contributed by atoms with Crippen molar-refractivity contribution in [1.29, 1.82) is 0 Å². The lowest BCUT2D eigenvalue weighted by atomic mass is 10.7. The Morgan fingerprint density at radius 2 is 2.00 bits per heavy atom. The third-order valence-electron chi connectivity index (χ3n) is 2.02. The highest BCUT2D eigenvalue weighted by molar-refractivity contribution is 7.89. The Morgan fingerprint density at radius 1 is 1.33 bits per heavy atom. The molecule has 0 rings (SSSR count). The van der Waals surface area contributed by atoms with Gasteiger partial charge in [-0.25, -0.2) is 12.7 Å². The van der Waals surface area contributed by atoms with Gasteiger partial charge in [0.15, 0.2) is 0 Å². The molecule has 5 nitrogen and oxygen atoms in total. The Labute approximate surface area is 92.8 Å². The molecule has 15 heavy (non-hydrogen) atoms. The second-order valence-corrected chi connectivity index (χ2v) is 5.38. The molecule has 0 aromatic carbocycles. The third kappa shape index (κ3) is 6.83. The van der Waals surface area contributed by atoms with Crippen LogP contribution in [0.1, 0.15) is 13.8 Å². The van der Waals surface area contributed by atoms with Crippen molar-refractivity contribution in [2.45, 2.75) is 13.8 Å². The van der Waals surface area contributed by atoms with Gasteiger partial charge in [0.25, 0.3) is 0 Å². The number of likely N-dealkylation sites (N-methyl/N-ethyl adjacent to an activating group) is 1. The number of nitrogens with one attached hydrogen (secondary N) is 1. The Hall–Kier alpha value is -0.170. The molecule has 0 aliphatic carbocycles. The summed E-state index contributed by atoms with van der Waals surface area (Å²) >= 11 is 0. The van der Waals surface area contributed by atoms with Gasteiger partial charge in [0.1, 0.15) is 0 Å². The van der Waals surface area contributed by atoms with Gasteiger partial charge in [-0.15, -0.1) is 0 Å². The zero-order valence-corrected chi connectivity index (χ0v) is 10.6. The maximum atomic E-state index is 11.6. The summed E-state index contributed by atoms with van der Waals surface area (Å²) in [4.78, 5) is 0. The summed E-state index contributed by atoms with van der Waals surface area (Å²) < 4.78 is 29.7. The highest BCUT2D eigenvalue weighted by Crippen LogP contribution is 1.96. The van der Waals surface area contributed by atoms with E-state index >= 15 is 0 Å². The minimum absolute atomic E-state index is 0.142. The van der Waals surface area contributed by atoms with E-state index in [4.69, 9.17) is 4.74 Å². The van der Waals surface area contributed by atoms with Crippen molar-refractivity contribution in [3.05, 3.63) is 0 Å². The molecule has 0 heterocycles. The molecule has 92 valence electrons. The lowest BCUT2D eigenvalue weighted by molar-refractivity contribution is 0.138. The first-order valence-electron chi connectivity index (χ1n) is 5.27. The van der Waals surface area contributed by atoms with Crippen LogP contribution < -0.4 is 5.32 Å². The van der Waals surface area contributed by atoms with E-state index in [-0.39, 0.29) is 5.75 Å². The highest BCUT2D eigenvalue weighted by atomic mass is 32.2. The Balaban J connectivity index is 3.86. The van der Waals surface area contributed by atoms with Crippen LogP contribution in [0.4, 0.5) is 0 Å². The van der Waals surface area contributed by atoms with Gasteiger partial charge in [-0.05, 0) is 13.5 Å². The molecule has 0 radical (unpaired) electrons. The predicted octanol–water partition coefficient (Wildman–Crippen LogP) is -0.106. The Bertz CT molecular complexity index is 242. The molecule has 0 aliphatic heterocycles. The van der Waals surface area contributed by atoms with E-state index in [0.29, 0.717) is 26.3 Å². The molecule has 0 unspecified atom stereocenters. The monoisotopic (exact) mass is 238 g/mol. The molecule has 0 aliphatic rings. The Morgan fingerprint density at radius 3 is 2.53 bits per heavy atom. The quantitative estimate of drug-likeness (QED) is 0.570. The summed E-state index contributed by atoms with van der Waals surface area (Å²) in [5.74, 6) is 0.142. The van der Waals surface area contributed by atoms with E-state index < -0.39 is 10.0 Å². The van der Waals surface area contributed by atoms with Gasteiger partial charge in [-0.3, -0.25) is 0 Å². The number of rotatable bonds is 9. The van der Waals surface area contributed by atoms with Crippen LogP contribution in [0, 0.1) is 0 Å². The van der Waals surface area contributed by atoms with Gasteiger partial charge in [-0.2, -0.15) is 0 Å². The summed E-state index contributed by atoms with van der Waals surface area (Å²) in [6, 6.07) is 0. The van der Waals surface area contributed by atoms with Crippen molar-refractivity contribution >= 4 is 10.0 Å². The van der Waals surface area contributed by atoms with E-state index in [1.165, 1.54) is 4.31 Å². The van der Waals surface area contributed by atoms with E-state index in [2.05, 4.69) is 5.32 Å². The topological polar surface area (TPSA) is 58.6 Å². The fourth-order valence-electron chi connectivity index (χ4n) is 1.01. The average Bonchev–Trinajstić information content (AvgIpc) is 2.18. The van der Waals surface area contributed by atoms with Crippen LogP contribution in [0.3, 0.4) is 0 Å². The molecule has 0 saturated heterocycles. The van der Waals surface area contributed by atoms with E-state index in [1.807, 2.05) is 13.8 Å². The number of ether oxygens (including phenoxy) is 1. The van der Waals surface area contributed by atoms with E-state index in [1.54, 1.807) is 7.05 Å². The van der Waals surface area contributed by atoms with Crippen LogP contribution in [0.5, 0.6) is 0 Å². The third-order valence-corrected chi connectivity index (χ3v) is 3.87. The van der Waals surface area contributed by atoms with Gasteiger partial charge >= 0.3 is 0 Å². The van der Waals surface area contributed by atoms with Crippen LogP contribution in [0.25, 0.3) is 0 Å². The number of hydrogen-bond donors (Lipinski definition) is 1. The number of hydrogen-bond acceptors (Lipinski definition) is 4. The van der Waals surface area contributed by atoms with Crippen molar-refractivity contribution in [3.63, 3.8) is 0 Å². The molecule has 0 fully saturated rings. The van der Waals surface area contributed by atoms with Crippen molar-refractivity contribution in [1.82, 2.24) is 9.62 Å². The zero-order valence-electron chi connectivity index (χ0n) is 9.82. The SMILES string of the molecule is CCNCCS(=O)(=O)N(C)CCOCC. The lowest BCUT2D eigenvalue weighted by Gasteiger charge is -2.16. The Kier molecular flexibility index (Phi) is 7.95. The largest absolute Gasteiger partial charge is 0.380 e. The van der Waals surface area contributed by atoms with Gasteiger partial charge in [0, 0.05) is 26.7 Å². The zero-order chi connectivity index (χ0) is 11.7. The van der Waals surface area contributed by atoms with Crippen molar-refractivity contribution in [2.75, 3.05) is 45.6 Å². The second-order valence-electron chi connectivity index (χ2n) is 3.19. The number of nitrogens with zero attached hydrogens (tertiary/aromatic N) is 1. The second kappa shape index (κ2) is 8.04. The molecular formula is C9H22N2O3S. The molecule has 0 amide bonds. The van der Waals surface area contributed by atoms with E-state index in [0.717, 1.165) is 6.54 Å². The van der Waals surface area contributed by atoms with Crippen LogP contribution in [0.2, 0.25) is 0 Å². The maximum Gasteiger partial charge on any atom is 0.215 e. The van der Waals surface area contributed by atoms with Crippen LogP contribution in [0.15, 0.2) is 0 Å². The van der Waals surface area contributed by atoms with Crippen LogP contribution >= 0.6 is 0 Å². The first-order chi connectivity index (χ1) is 7.04. The maximum absolute atomic E-state index is 11.6. The molecule has 1 N–H and O–H groups in total. The fourth-order valence-corrected chi connectivity index (χ4v) is 2.08. The first-order valence-corrected chi connectivity index (χ1v) is 6.88. The molecule has 0 saturated carbocycles. The number of sulfonamides is 1. The summed E-state index contributed by atoms with van der Waals surface area (Å²) in [5.41, 5.74) is 0. The standard InChI is InChI=1S/C9H22N2O3S/c1-4-10-6-9-15(12,13)11(3)7-8-14-5-2/h10H,4-9H2,1-3H3. The van der Waals surface area contributed by atoms with Gasteiger partial charge in [0.2, 0.25) is 10.0 Å². The van der Waals surface area contributed by atoms with Gasteiger partial charge in [0.05, 0.1) is 12.4 Å². The van der Waals surface area contributed by atoms with Gasteiger partial charge < -0.3 is 10.1 Å². The van der Waals surface area contributed by atoms with Crippen molar-refractivity contribution in [2.24, 2.45) is 0 Å². The van der Waals surface area contributed by atoms with Crippen LogP contribution in [-0.2, 0) is 14.8 Å². The van der Waals surface area contributed by atoms with Crippen LogP contribution in [-0.4, -0.2) is 58.4 Å². The summed E-state index contributed by atoms with van der Waals surface area (Å²) in [6.45, 7) is 6.61. The molecule has 0 aromatic rings. The molecule has 0 atom stereocenters. The van der Waals surface area contributed by atoms with E-state index in [9.17, 15) is 8.42 Å². The predicted molar refractivity (Wildman–Crippen MR) is 61.5 cm³/mol. The summed E-state index contributed by atoms with van der Waals surface area (Å²) in [5, 5.41) is 2.99. The molecule has 0 aromatic heterocycles. The minimum atomic E-state index is -3.12. The lowest BCUT2D eigenvalue weighted by Crippen LogP contribution is -2.35. The normalized spacial score (nSPS) is 12.3.